The normalized spacial score (nSPS) is 10.6. The number of hydrogen-bond acceptors (Lipinski definition) is 7. The van der Waals surface area contributed by atoms with Crippen molar-refractivity contribution < 1.29 is 14.0 Å². The molecule has 4 N–H and O–H groups in total. The molecule has 0 atom stereocenters. The minimum Gasteiger partial charge on any atom is -0.444 e. The Morgan fingerprint density at radius 1 is 1.37 bits per heavy atom. The smallest absolute Gasteiger partial charge is 0.277 e. The lowest BCUT2D eigenvalue weighted by atomic mass is 10.2. The van der Waals surface area contributed by atoms with Gasteiger partial charge in [-0.05, 0) is 18.6 Å². The van der Waals surface area contributed by atoms with Gasteiger partial charge in [-0.1, -0.05) is 6.92 Å². The van der Waals surface area contributed by atoms with E-state index in [-0.39, 0.29) is 23.0 Å². The van der Waals surface area contributed by atoms with E-state index in [9.17, 15) is 9.59 Å². The predicted molar refractivity (Wildman–Crippen MR) is 98.2 cm³/mol. The summed E-state index contributed by atoms with van der Waals surface area (Å²) in [6.07, 6.45) is 5.32. The summed E-state index contributed by atoms with van der Waals surface area (Å²) < 4.78 is 6.79. The summed E-state index contributed by atoms with van der Waals surface area (Å²) in [6.45, 7) is 2.85. The number of nitrogens with two attached hydrogens (primary N) is 1. The van der Waals surface area contributed by atoms with Crippen LogP contribution in [0.2, 0.25) is 0 Å². The Labute approximate surface area is 154 Å². The second-order valence-electron chi connectivity index (χ2n) is 5.78. The van der Waals surface area contributed by atoms with Crippen molar-refractivity contribution in [1.29, 1.82) is 0 Å². The van der Waals surface area contributed by atoms with E-state index in [2.05, 4.69) is 32.6 Å². The van der Waals surface area contributed by atoms with Gasteiger partial charge in [-0.2, -0.15) is 5.10 Å². The fourth-order valence-corrected chi connectivity index (χ4v) is 2.37. The molecule has 3 rings (SSSR count). The Balaban J connectivity index is 1.78. The second-order valence-corrected chi connectivity index (χ2v) is 5.78. The zero-order valence-corrected chi connectivity index (χ0v) is 14.9. The van der Waals surface area contributed by atoms with Gasteiger partial charge < -0.3 is 20.8 Å². The van der Waals surface area contributed by atoms with E-state index >= 15 is 0 Å². The summed E-state index contributed by atoms with van der Waals surface area (Å²) in [5, 5.41) is 9.65. The van der Waals surface area contributed by atoms with Crippen LogP contribution in [0.25, 0.3) is 11.5 Å². The first-order chi connectivity index (χ1) is 13.0. The van der Waals surface area contributed by atoms with Crippen LogP contribution in [0.15, 0.2) is 35.2 Å². The van der Waals surface area contributed by atoms with E-state index in [0.717, 1.165) is 13.0 Å². The van der Waals surface area contributed by atoms with Crippen molar-refractivity contribution in [3.05, 3.63) is 42.2 Å². The third kappa shape index (κ3) is 4.11. The fourth-order valence-electron chi connectivity index (χ4n) is 2.37. The van der Waals surface area contributed by atoms with E-state index in [4.69, 9.17) is 10.2 Å². The van der Waals surface area contributed by atoms with Crippen molar-refractivity contribution in [3.63, 3.8) is 0 Å². The van der Waals surface area contributed by atoms with Gasteiger partial charge in [-0.3, -0.25) is 14.3 Å². The Bertz CT molecular complexity index is 977. The molecule has 140 valence electrons. The molecule has 0 saturated carbocycles. The quantitative estimate of drug-likeness (QED) is 0.575. The Hall–Kier alpha value is -3.69. The highest BCUT2D eigenvalue weighted by atomic mass is 16.3. The van der Waals surface area contributed by atoms with E-state index < -0.39 is 11.8 Å². The van der Waals surface area contributed by atoms with Gasteiger partial charge in [-0.25, -0.2) is 9.97 Å². The van der Waals surface area contributed by atoms with Gasteiger partial charge >= 0.3 is 0 Å². The molecule has 3 heterocycles. The van der Waals surface area contributed by atoms with Gasteiger partial charge in [0.05, 0.1) is 5.69 Å². The van der Waals surface area contributed by atoms with Crippen LogP contribution >= 0.6 is 0 Å². The minimum atomic E-state index is -0.740. The molecule has 0 aliphatic carbocycles. The molecule has 10 nitrogen and oxygen atoms in total. The molecule has 2 amide bonds. The molecule has 10 heteroatoms. The van der Waals surface area contributed by atoms with Crippen molar-refractivity contribution in [1.82, 2.24) is 19.7 Å². The molecular formula is C17H19N7O3. The van der Waals surface area contributed by atoms with Crippen LogP contribution in [0, 0.1) is 0 Å². The van der Waals surface area contributed by atoms with Crippen LogP contribution in [0.5, 0.6) is 0 Å². The van der Waals surface area contributed by atoms with Crippen molar-refractivity contribution >= 4 is 23.3 Å². The van der Waals surface area contributed by atoms with Gasteiger partial charge in [-0.15, -0.1) is 0 Å². The summed E-state index contributed by atoms with van der Waals surface area (Å²) in [4.78, 5) is 32.2. The van der Waals surface area contributed by atoms with E-state index in [1.807, 2.05) is 0 Å². The molecule has 0 radical (unpaired) electrons. The largest absolute Gasteiger partial charge is 0.444 e. The first-order valence-corrected chi connectivity index (χ1v) is 8.28. The highest BCUT2D eigenvalue weighted by Crippen LogP contribution is 2.21. The predicted octanol–water partition coefficient (Wildman–Crippen LogP) is 1.64. The van der Waals surface area contributed by atoms with Gasteiger partial charge in [0.2, 0.25) is 5.89 Å². The summed E-state index contributed by atoms with van der Waals surface area (Å²) in [7, 11) is 1.61. The number of pyridine rings is 1. The van der Waals surface area contributed by atoms with Gasteiger partial charge in [0.15, 0.2) is 11.4 Å². The first-order valence-electron chi connectivity index (χ1n) is 8.28. The molecule has 0 saturated heterocycles. The van der Waals surface area contributed by atoms with Crippen LogP contribution in [-0.4, -0.2) is 38.1 Å². The van der Waals surface area contributed by atoms with Crippen molar-refractivity contribution in [2.75, 3.05) is 17.2 Å². The van der Waals surface area contributed by atoms with Crippen molar-refractivity contribution in [2.45, 2.75) is 13.3 Å². The van der Waals surface area contributed by atoms with E-state index in [1.54, 1.807) is 25.4 Å². The van der Waals surface area contributed by atoms with E-state index in [1.165, 1.54) is 17.1 Å². The SMILES string of the molecule is CCCNc1cc(-c2nc(C(=O)Nc3cn(C)nc3C(N)=O)co2)ccn1. The number of nitrogens with zero attached hydrogens (tertiary/aromatic N) is 4. The van der Waals surface area contributed by atoms with Crippen LogP contribution in [-0.2, 0) is 7.05 Å². The molecule has 3 aromatic heterocycles. The highest BCUT2D eigenvalue weighted by molar-refractivity contribution is 6.07. The van der Waals surface area contributed by atoms with Crippen LogP contribution < -0.4 is 16.4 Å². The van der Waals surface area contributed by atoms with E-state index in [0.29, 0.717) is 11.4 Å². The highest BCUT2D eigenvalue weighted by Gasteiger charge is 2.19. The monoisotopic (exact) mass is 369 g/mol. The number of oxazole rings is 1. The zero-order valence-electron chi connectivity index (χ0n) is 14.9. The summed E-state index contributed by atoms with van der Waals surface area (Å²) >= 11 is 0. The number of hydrogen-bond donors (Lipinski definition) is 3. The molecule has 27 heavy (non-hydrogen) atoms. The Morgan fingerprint density at radius 3 is 2.93 bits per heavy atom. The Kier molecular flexibility index (Phi) is 5.15. The van der Waals surface area contributed by atoms with Crippen LogP contribution in [0.4, 0.5) is 11.5 Å². The molecule has 0 fully saturated rings. The lowest BCUT2D eigenvalue weighted by molar-refractivity contribution is 0.0995. The zero-order chi connectivity index (χ0) is 19.4. The number of aromatic nitrogens is 4. The average Bonchev–Trinajstić information content (AvgIpc) is 3.27. The maximum Gasteiger partial charge on any atom is 0.277 e. The number of anilines is 2. The number of rotatable bonds is 7. The maximum absolute atomic E-state index is 12.4. The number of aryl methyl sites for hydroxylation is 1. The fraction of sp³-hybridized carbons (Fsp3) is 0.235. The lowest BCUT2D eigenvalue weighted by Crippen LogP contribution is -2.18. The summed E-state index contributed by atoms with van der Waals surface area (Å²) in [5.74, 6) is -0.307. The minimum absolute atomic E-state index is 0.0321. The molecule has 0 aliphatic rings. The third-order valence-corrected chi connectivity index (χ3v) is 3.61. The molecular weight excluding hydrogens is 350 g/mol. The van der Waals surface area contributed by atoms with Gasteiger partial charge in [0.1, 0.15) is 12.1 Å². The van der Waals surface area contributed by atoms with Crippen LogP contribution in [0.1, 0.15) is 34.3 Å². The molecule has 0 spiro atoms. The molecule has 0 bridgehead atoms. The standard InChI is InChI=1S/C17H19N7O3/c1-3-5-19-13-7-10(4-6-20-13)17-22-12(9-27-17)16(26)21-11-8-24(2)23-14(11)15(18)25/h4,6-9H,3,5H2,1-2H3,(H2,18,25)(H,19,20)(H,21,26). The summed E-state index contributed by atoms with van der Waals surface area (Å²) in [5.41, 5.74) is 6.17. The number of primary amides is 1. The lowest BCUT2D eigenvalue weighted by Gasteiger charge is -2.04. The van der Waals surface area contributed by atoms with Gasteiger partial charge in [0, 0.05) is 31.5 Å². The third-order valence-electron chi connectivity index (χ3n) is 3.61. The average molecular weight is 369 g/mol. The molecule has 3 aromatic rings. The number of nitrogens with one attached hydrogen (secondary N) is 2. The van der Waals surface area contributed by atoms with Gasteiger partial charge in [0.25, 0.3) is 11.8 Å². The topological polar surface area (TPSA) is 141 Å². The molecule has 0 unspecified atom stereocenters. The van der Waals surface area contributed by atoms with Crippen molar-refractivity contribution in [2.24, 2.45) is 12.8 Å². The Morgan fingerprint density at radius 2 is 2.19 bits per heavy atom. The molecule has 0 aliphatic heterocycles. The number of amides is 2. The number of carbonyl (C=O) groups excluding carboxylic acids is 2. The molecule has 0 aromatic carbocycles. The van der Waals surface area contributed by atoms with Crippen LogP contribution in [0.3, 0.4) is 0 Å². The number of carbonyl (C=O) groups is 2. The summed E-state index contributed by atoms with van der Waals surface area (Å²) in [6, 6.07) is 3.52. The first kappa shape index (κ1) is 18.1. The maximum atomic E-state index is 12.4. The second kappa shape index (κ2) is 7.68. The van der Waals surface area contributed by atoms with Crippen molar-refractivity contribution in [3.8, 4) is 11.5 Å².